The molecule has 0 spiro atoms. The van der Waals surface area contributed by atoms with Crippen molar-refractivity contribution in [3.05, 3.63) is 95.6 Å². The second-order valence-electron chi connectivity index (χ2n) is 6.94. The highest BCUT2D eigenvalue weighted by Gasteiger charge is 2.22. The largest absolute Gasteiger partial charge is 0.0622 e. The van der Waals surface area contributed by atoms with E-state index < -0.39 is 0 Å². The van der Waals surface area contributed by atoms with Gasteiger partial charge in [0.05, 0.1) is 0 Å². The van der Waals surface area contributed by atoms with Crippen molar-refractivity contribution in [2.75, 3.05) is 0 Å². The SMILES string of the molecule is c1ccc(C2CCc3ccc4c(ccc5ccccc54)c3C2)cc1. The topological polar surface area (TPSA) is 0 Å². The van der Waals surface area contributed by atoms with Crippen LogP contribution in [0.1, 0.15) is 29.0 Å². The fourth-order valence-corrected chi connectivity index (χ4v) is 4.36. The molecule has 0 heterocycles. The Bertz CT molecular complexity index is 1030. The van der Waals surface area contributed by atoms with Gasteiger partial charge in [-0.1, -0.05) is 78.9 Å². The Morgan fingerprint density at radius 2 is 1.42 bits per heavy atom. The zero-order valence-corrected chi connectivity index (χ0v) is 13.7. The monoisotopic (exact) mass is 308 g/mol. The molecule has 116 valence electrons. The molecule has 0 fully saturated rings. The molecule has 1 aliphatic rings. The predicted molar refractivity (Wildman–Crippen MR) is 103 cm³/mol. The lowest BCUT2D eigenvalue weighted by molar-refractivity contribution is 0.588. The minimum absolute atomic E-state index is 0.649. The molecule has 4 aromatic rings. The van der Waals surface area contributed by atoms with Crippen LogP contribution in [-0.2, 0) is 12.8 Å². The molecule has 1 aliphatic carbocycles. The minimum Gasteiger partial charge on any atom is -0.0622 e. The van der Waals surface area contributed by atoms with E-state index in [1.54, 1.807) is 11.1 Å². The van der Waals surface area contributed by atoms with Crippen molar-refractivity contribution in [3.63, 3.8) is 0 Å². The van der Waals surface area contributed by atoms with Crippen LogP contribution in [0, 0.1) is 0 Å². The molecule has 0 nitrogen and oxygen atoms in total. The van der Waals surface area contributed by atoms with Gasteiger partial charge in [-0.3, -0.25) is 0 Å². The van der Waals surface area contributed by atoms with Crippen molar-refractivity contribution in [2.24, 2.45) is 0 Å². The van der Waals surface area contributed by atoms with Crippen molar-refractivity contribution in [1.29, 1.82) is 0 Å². The summed E-state index contributed by atoms with van der Waals surface area (Å²) in [6.07, 6.45) is 3.61. The van der Waals surface area contributed by atoms with E-state index in [4.69, 9.17) is 0 Å². The summed E-state index contributed by atoms with van der Waals surface area (Å²) in [6, 6.07) is 29.1. The quantitative estimate of drug-likeness (QED) is 0.364. The standard InChI is InChI=1S/C24H20/c1-2-6-17(7-3-1)20-11-10-19-13-14-22-21-9-5-4-8-18(21)12-15-23(22)24(19)16-20/h1-9,12-15,20H,10-11,16H2. The van der Waals surface area contributed by atoms with Gasteiger partial charge >= 0.3 is 0 Å². The molecule has 5 rings (SSSR count). The van der Waals surface area contributed by atoms with E-state index >= 15 is 0 Å². The first-order chi connectivity index (χ1) is 11.9. The fraction of sp³-hybridized carbons (Fsp3) is 0.167. The molecule has 0 N–H and O–H groups in total. The average molecular weight is 308 g/mol. The minimum atomic E-state index is 0.649. The highest BCUT2D eigenvalue weighted by atomic mass is 14.3. The Hall–Kier alpha value is -2.60. The van der Waals surface area contributed by atoms with Gasteiger partial charge in [0.2, 0.25) is 0 Å². The third-order valence-electron chi connectivity index (χ3n) is 5.62. The van der Waals surface area contributed by atoms with E-state index in [-0.39, 0.29) is 0 Å². The average Bonchev–Trinajstić information content (AvgIpc) is 2.67. The van der Waals surface area contributed by atoms with Crippen LogP contribution < -0.4 is 0 Å². The second-order valence-corrected chi connectivity index (χ2v) is 6.94. The van der Waals surface area contributed by atoms with Crippen LogP contribution >= 0.6 is 0 Å². The normalized spacial score (nSPS) is 17.1. The summed E-state index contributed by atoms with van der Waals surface area (Å²) in [5.41, 5.74) is 4.60. The molecule has 0 bridgehead atoms. The second kappa shape index (κ2) is 5.49. The van der Waals surface area contributed by atoms with Gasteiger partial charge in [-0.25, -0.2) is 0 Å². The summed E-state index contributed by atoms with van der Waals surface area (Å²) in [5.74, 6) is 0.649. The molecule has 0 aliphatic heterocycles. The molecule has 0 radical (unpaired) electrons. The van der Waals surface area contributed by atoms with Crippen LogP contribution in [0.25, 0.3) is 21.5 Å². The number of aryl methyl sites for hydroxylation is 1. The first-order valence-electron chi connectivity index (χ1n) is 8.87. The summed E-state index contributed by atoms with van der Waals surface area (Å²) in [5, 5.41) is 5.56. The maximum atomic E-state index is 2.37. The summed E-state index contributed by atoms with van der Waals surface area (Å²) < 4.78 is 0. The number of hydrogen-bond acceptors (Lipinski definition) is 0. The molecule has 24 heavy (non-hydrogen) atoms. The lowest BCUT2D eigenvalue weighted by Crippen LogP contribution is -2.13. The number of hydrogen-bond donors (Lipinski definition) is 0. The number of rotatable bonds is 1. The van der Waals surface area contributed by atoms with Crippen LogP contribution in [0.3, 0.4) is 0 Å². The van der Waals surface area contributed by atoms with Gasteiger partial charge in [-0.2, -0.15) is 0 Å². The summed E-state index contributed by atoms with van der Waals surface area (Å²) >= 11 is 0. The molecule has 0 aromatic heterocycles. The van der Waals surface area contributed by atoms with Gasteiger partial charge in [-0.15, -0.1) is 0 Å². The maximum Gasteiger partial charge on any atom is -0.0102 e. The Morgan fingerprint density at radius 1 is 0.625 bits per heavy atom. The van der Waals surface area contributed by atoms with E-state index in [1.165, 1.54) is 39.9 Å². The zero-order valence-electron chi connectivity index (χ0n) is 13.7. The molecule has 0 saturated carbocycles. The molecule has 1 unspecified atom stereocenters. The van der Waals surface area contributed by atoms with Crippen LogP contribution in [0.2, 0.25) is 0 Å². The summed E-state index contributed by atoms with van der Waals surface area (Å²) in [6.45, 7) is 0. The smallest absolute Gasteiger partial charge is 0.0102 e. The predicted octanol–water partition coefficient (Wildman–Crippen LogP) is 6.27. The molecule has 0 heteroatoms. The summed E-state index contributed by atoms with van der Waals surface area (Å²) in [4.78, 5) is 0. The van der Waals surface area contributed by atoms with Gasteiger partial charge in [-0.05, 0) is 63.4 Å². The highest BCUT2D eigenvalue weighted by Crippen LogP contribution is 2.38. The first-order valence-corrected chi connectivity index (χ1v) is 8.87. The van der Waals surface area contributed by atoms with Crippen LogP contribution in [0.5, 0.6) is 0 Å². The molecule has 0 saturated heterocycles. The van der Waals surface area contributed by atoms with Crippen molar-refractivity contribution >= 4 is 21.5 Å². The van der Waals surface area contributed by atoms with Crippen molar-refractivity contribution in [3.8, 4) is 0 Å². The molecule has 4 aromatic carbocycles. The van der Waals surface area contributed by atoms with Crippen LogP contribution in [-0.4, -0.2) is 0 Å². The van der Waals surface area contributed by atoms with E-state index in [1.807, 2.05) is 0 Å². The lowest BCUT2D eigenvalue weighted by atomic mass is 9.78. The van der Waals surface area contributed by atoms with Gasteiger partial charge in [0, 0.05) is 0 Å². The van der Waals surface area contributed by atoms with Crippen molar-refractivity contribution < 1.29 is 0 Å². The van der Waals surface area contributed by atoms with Gasteiger partial charge in [0.1, 0.15) is 0 Å². The van der Waals surface area contributed by atoms with Crippen LogP contribution in [0.4, 0.5) is 0 Å². The lowest BCUT2D eigenvalue weighted by Gasteiger charge is -2.26. The molecular weight excluding hydrogens is 288 g/mol. The fourth-order valence-electron chi connectivity index (χ4n) is 4.36. The van der Waals surface area contributed by atoms with E-state index in [0.717, 1.165) is 6.42 Å². The third-order valence-corrected chi connectivity index (χ3v) is 5.62. The van der Waals surface area contributed by atoms with Crippen molar-refractivity contribution in [2.45, 2.75) is 25.2 Å². The van der Waals surface area contributed by atoms with E-state index in [2.05, 4.69) is 78.9 Å². The van der Waals surface area contributed by atoms with Gasteiger partial charge in [0.15, 0.2) is 0 Å². The maximum absolute atomic E-state index is 2.37. The summed E-state index contributed by atoms with van der Waals surface area (Å²) in [7, 11) is 0. The third kappa shape index (κ3) is 2.14. The Morgan fingerprint density at radius 3 is 2.33 bits per heavy atom. The highest BCUT2D eigenvalue weighted by molar-refractivity contribution is 6.08. The van der Waals surface area contributed by atoms with Gasteiger partial charge in [0.25, 0.3) is 0 Å². The Kier molecular flexibility index (Phi) is 3.16. The van der Waals surface area contributed by atoms with Crippen molar-refractivity contribution in [1.82, 2.24) is 0 Å². The number of fused-ring (bicyclic) bond motifs is 5. The molecule has 1 atom stereocenters. The number of benzene rings is 4. The Balaban J connectivity index is 1.69. The van der Waals surface area contributed by atoms with E-state index in [9.17, 15) is 0 Å². The van der Waals surface area contributed by atoms with E-state index in [0.29, 0.717) is 5.92 Å². The van der Waals surface area contributed by atoms with Gasteiger partial charge < -0.3 is 0 Å². The first kappa shape index (κ1) is 13.8. The Labute approximate surface area is 142 Å². The molecular formula is C24H20. The molecule has 0 amide bonds. The van der Waals surface area contributed by atoms with Crippen LogP contribution in [0.15, 0.2) is 78.9 Å². The zero-order chi connectivity index (χ0) is 15.9.